The van der Waals surface area contributed by atoms with Crippen LogP contribution in [0.25, 0.3) is 0 Å². The number of carboxylic acid groups (broad SMARTS) is 2. The Labute approximate surface area is 91.3 Å². The van der Waals surface area contributed by atoms with Crippen LogP contribution in [-0.2, 0) is 9.59 Å². The van der Waals surface area contributed by atoms with E-state index < -0.39 is 23.4 Å². The third kappa shape index (κ3) is 1.68. The number of rotatable bonds is 2. The first-order valence-corrected chi connectivity index (χ1v) is 4.43. The maximum atomic E-state index is 11.0. The summed E-state index contributed by atoms with van der Waals surface area (Å²) in [5, 5.41) is 26.6. The first-order chi connectivity index (χ1) is 7.32. The average molecular weight is 222 g/mol. The third-order valence-corrected chi connectivity index (χ3v) is 2.63. The van der Waals surface area contributed by atoms with Gasteiger partial charge in [0, 0.05) is 11.5 Å². The van der Waals surface area contributed by atoms with Gasteiger partial charge in [0.15, 0.2) is 0 Å². The largest absolute Gasteiger partial charge is 0.480 e. The van der Waals surface area contributed by atoms with E-state index in [0.717, 1.165) is 12.2 Å². The number of nitriles is 1. The molecule has 84 valence electrons. The Bertz CT molecular complexity index is 458. The smallest absolute Gasteiger partial charge is 0.331 e. The summed E-state index contributed by atoms with van der Waals surface area (Å²) in [6.45, 7) is 1.40. The van der Waals surface area contributed by atoms with Gasteiger partial charge in [-0.3, -0.25) is 0 Å². The Morgan fingerprint density at radius 2 is 2.12 bits per heavy atom. The van der Waals surface area contributed by atoms with Crippen LogP contribution in [0.3, 0.4) is 0 Å². The lowest BCUT2D eigenvalue weighted by Gasteiger charge is -2.31. The predicted octanol–water partition coefficient (Wildman–Crippen LogP) is -0.121. The molecular weight excluding hydrogens is 212 g/mol. The van der Waals surface area contributed by atoms with Crippen molar-refractivity contribution in [3.63, 3.8) is 0 Å². The number of allylic oxidation sites excluding steroid dienone is 2. The number of nitrogens with two attached hydrogens (primary N) is 1. The molecule has 2 unspecified atom stereocenters. The van der Waals surface area contributed by atoms with E-state index in [-0.39, 0.29) is 11.1 Å². The summed E-state index contributed by atoms with van der Waals surface area (Å²) in [4.78, 5) is 21.9. The van der Waals surface area contributed by atoms with Crippen molar-refractivity contribution in [2.45, 2.75) is 12.5 Å². The number of carbonyl (C=O) groups is 2. The van der Waals surface area contributed by atoms with Crippen molar-refractivity contribution < 1.29 is 19.8 Å². The number of nitrogens with zero attached hydrogens (tertiary/aromatic N) is 1. The molecule has 1 aliphatic carbocycles. The highest BCUT2D eigenvalue weighted by Gasteiger charge is 2.44. The number of hydrogen-bond donors (Lipinski definition) is 3. The van der Waals surface area contributed by atoms with Crippen molar-refractivity contribution >= 4 is 11.9 Å². The number of hydrogen-bond acceptors (Lipinski definition) is 4. The van der Waals surface area contributed by atoms with E-state index in [0.29, 0.717) is 0 Å². The summed E-state index contributed by atoms with van der Waals surface area (Å²) in [5.74, 6) is -3.54. The van der Waals surface area contributed by atoms with Gasteiger partial charge in [-0.15, -0.1) is 0 Å². The second kappa shape index (κ2) is 3.79. The van der Waals surface area contributed by atoms with E-state index in [2.05, 4.69) is 0 Å². The molecule has 4 N–H and O–H groups in total. The quantitative estimate of drug-likeness (QED) is 0.598. The van der Waals surface area contributed by atoms with E-state index in [1.165, 1.54) is 6.92 Å². The number of carboxylic acids is 2. The maximum absolute atomic E-state index is 11.0. The second-order valence-corrected chi connectivity index (χ2v) is 3.58. The zero-order chi connectivity index (χ0) is 12.5. The zero-order valence-corrected chi connectivity index (χ0v) is 8.47. The van der Waals surface area contributed by atoms with Crippen LogP contribution in [0.15, 0.2) is 23.3 Å². The minimum Gasteiger partial charge on any atom is -0.480 e. The molecule has 0 aromatic carbocycles. The molecule has 1 aliphatic rings. The van der Waals surface area contributed by atoms with Crippen molar-refractivity contribution in [2.75, 3.05) is 0 Å². The molecule has 6 heteroatoms. The fourth-order valence-corrected chi connectivity index (χ4v) is 1.53. The van der Waals surface area contributed by atoms with Gasteiger partial charge in [0.25, 0.3) is 0 Å². The molecule has 1 rings (SSSR count). The van der Waals surface area contributed by atoms with Gasteiger partial charge in [-0.1, -0.05) is 6.92 Å². The predicted molar refractivity (Wildman–Crippen MR) is 53.1 cm³/mol. The third-order valence-electron chi connectivity index (χ3n) is 2.63. The normalized spacial score (nSPS) is 28.7. The van der Waals surface area contributed by atoms with E-state index in [1.807, 2.05) is 0 Å². The molecule has 0 saturated carbocycles. The van der Waals surface area contributed by atoms with Gasteiger partial charge >= 0.3 is 11.9 Å². The van der Waals surface area contributed by atoms with Gasteiger partial charge in [0.1, 0.15) is 5.54 Å². The molecule has 0 aliphatic heterocycles. The lowest BCUT2D eigenvalue weighted by Crippen LogP contribution is -2.54. The molecule has 16 heavy (non-hydrogen) atoms. The van der Waals surface area contributed by atoms with Gasteiger partial charge in [0.2, 0.25) is 0 Å². The van der Waals surface area contributed by atoms with Crippen molar-refractivity contribution in [3.05, 3.63) is 23.3 Å². The zero-order valence-electron chi connectivity index (χ0n) is 8.47. The average Bonchev–Trinajstić information content (AvgIpc) is 2.21. The Balaban J connectivity index is 3.36. The van der Waals surface area contributed by atoms with Crippen molar-refractivity contribution in [3.8, 4) is 6.07 Å². The monoisotopic (exact) mass is 222 g/mol. The Morgan fingerprint density at radius 1 is 1.56 bits per heavy atom. The highest BCUT2D eigenvalue weighted by molar-refractivity contribution is 5.93. The first kappa shape index (κ1) is 11.9. The summed E-state index contributed by atoms with van der Waals surface area (Å²) in [6.07, 6.45) is 2.22. The molecule has 0 bridgehead atoms. The summed E-state index contributed by atoms with van der Waals surface area (Å²) in [6, 6.07) is 1.70. The molecule has 0 radical (unpaired) electrons. The highest BCUT2D eigenvalue weighted by Crippen LogP contribution is 2.31. The topological polar surface area (TPSA) is 124 Å². The molecule has 0 heterocycles. The van der Waals surface area contributed by atoms with Crippen LogP contribution in [0.1, 0.15) is 6.92 Å². The molecule has 0 aromatic heterocycles. The van der Waals surface area contributed by atoms with E-state index in [4.69, 9.17) is 21.2 Å². The summed E-state index contributed by atoms with van der Waals surface area (Å²) in [7, 11) is 0. The minimum absolute atomic E-state index is 0.0552. The molecule has 0 spiro atoms. The van der Waals surface area contributed by atoms with Crippen LogP contribution < -0.4 is 5.73 Å². The van der Waals surface area contributed by atoms with Gasteiger partial charge in [-0.2, -0.15) is 5.26 Å². The lowest BCUT2D eigenvalue weighted by atomic mass is 9.75. The second-order valence-electron chi connectivity index (χ2n) is 3.58. The standard InChI is InChI=1S/C10H10N2O4/c1-5-7(8(13)14)2-6(4-11)3-10(5,12)9(15)16/h2-3,5H,12H2,1H3,(H,13,14)(H,15,16). The van der Waals surface area contributed by atoms with Crippen molar-refractivity contribution in [1.29, 1.82) is 5.26 Å². The van der Waals surface area contributed by atoms with E-state index >= 15 is 0 Å². The van der Waals surface area contributed by atoms with Crippen LogP contribution in [-0.4, -0.2) is 27.7 Å². The molecule has 0 saturated heterocycles. The maximum Gasteiger partial charge on any atom is 0.331 e. The van der Waals surface area contributed by atoms with Gasteiger partial charge in [-0.05, 0) is 12.2 Å². The van der Waals surface area contributed by atoms with Gasteiger partial charge in [-0.25, -0.2) is 9.59 Å². The Kier molecular flexibility index (Phi) is 2.83. The van der Waals surface area contributed by atoms with E-state index in [9.17, 15) is 9.59 Å². The van der Waals surface area contributed by atoms with Crippen LogP contribution in [0.4, 0.5) is 0 Å². The Morgan fingerprint density at radius 3 is 2.50 bits per heavy atom. The summed E-state index contributed by atoms with van der Waals surface area (Å²) < 4.78 is 0. The van der Waals surface area contributed by atoms with E-state index in [1.54, 1.807) is 6.07 Å². The van der Waals surface area contributed by atoms with Gasteiger partial charge in [0.05, 0.1) is 11.6 Å². The van der Waals surface area contributed by atoms with Crippen molar-refractivity contribution in [2.24, 2.45) is 11.7 Å². The summed E-state index contributed by atoms with van der Waals surface area (Å²) >= 11 is 0. The highest BCUT2D eigenvalue weighted by atomic mass is 16.4. The minimum atomic E-state index is -1.85. The molecular formula is C10H10N2O4. The first-order valence-electron chi connectivity index (χ1n) is 4.43. The van der Waals surface area contributed by atoms with Gasteiger partial charge < -0.3 is 15.9 Å². The van der Waals surface area contributed by atoms with Crippen LogP contribution in [0.2, 0.25) is 0 Å². The molecule has 0 amide bonds. The molecule has 6 nitrogen and oxygen atoms in total. The van der Waals surface area contributed by atoms with Crippen LogP contribution >= 0.6 is 0 Å². The summed E-state index contributed by atoms with van der Waals surface area (Å²) in [5.41, 5.74) is 3.52. The molecule has 0 aromatic rings. The Hall–Kier alpha value is -2.13. The fourth-order valence-electron chi connectivity index (χ4n) is 1.53. The van der Waals surface area contributed by atoms with Crippen LogP contribution in [0.5, 0.6) is 0 Å². The fraction of sp³-hybridized carbons (Fsp3) is 0.300. The molecule has 2 atom stereocenters. The van der Waals surface area contributed by atoms with Crippen molar-refractivity contribution in [1.82, 2.24) is 0 Å². The SMILES string of the molecule is CC1C(C(=O)O)=CC(C#N)=CC1(N)C(=O)O. The number of aliphatic carboxylic acids is 2. The lowest BCUT2D eigenvalue weighted by molar-refractivity contribution is -0.143. The molecule has 0 fully saturated rings. The van der Waals surface area contributed by atoms with Crippen LogP contribution in [0, 0.1) is 17.2 Å².